The molecule has 0 N–H and O–H groups in total. The van der Waals surface area contributed by atoms with E-state index in [1.54, 1.807) is 18.2 Å². The minimum Gasteiger partial charge on any atom is -0.304 e. The number of benzene rings is 1. The Hall–Kier alpha value is -1.26. The van der Waals surface area contributed by atoms with E-state index >= 15 is 0 Å². The molecule has 0 saturated carbocycles. The third-order valence-corrected chi connectivity index (χ3v) is 4.06. The lowest BCUT2D eigenvalue weighted by Gasteiger charge is -2.39. The van der Waals surface area contributed by atoms with Crippen LogP contribution >= 0.6 is 0 Å². The first-order chi connectivity index (χ1) is 9.49. The van der Waals surface area contributed by atoms with Gasteiger partial charge in [0.2, 0.25) is 0 Å². The molecule has 0 bridgehead atoms. The van der Waals surface area contributed by atoms with Crippen LogP contribution in [-0.2, 0) is 0 Å². The first-order valence-electron chi connectivity index (χ1n) is 7.20. The highest BCUT2D eigenvalue weighted by atomic mass is 19.1. The predicted octanol–water partition coefficient (Wildman–Crippen LogP) is 2.28. The van der Waals surface area contributed by atoms with Gasteiger partial charge in [-0.15, -0.1) is 0 Å². The number of piperazine rings is 1. The van der Waals surface area contributed by atoms with Crippen molar-refractivity contribution in [2.24, 2.45) is 5.92 Å². The fraction of sp³-hybridized carbons (Fsp3) is 0.562. The summed E-state index contributed by atoms with van der Waals surface area (Å²) in [6.45, 7) is 7.76. The molecule has 0 aliphatic carbocycles. The minimum atomic E-state index is -0.421. The zero-order valence-electron chi connectivity index (χ0n) is 12.5. The topological polar surface area (TPSA) is 23.6 Å². The lowest BCUT2D eigenvalue weighted by Crippen LogP contribution is -2.52. The van der Waals surface area contributed by atoms with Gasteiger partial charge in [0.1, 0.15) is 5.82 Å². The number of hydrogen-bond donors (Lipinski definition) is 0. The van der Waals surface area contributed by atoms with Crippen LogP contribution in [0.25, 0.3) is 0 Å². The summed E-state index contributed by atoms with van der Waals surface area (Å²) in [6.07, 6.45) is 0. The maximum Gasteiger partial charge on any atom is 0.169 e. The van der Waals surface area contributed by atoms with Crippen LogP contribution in [0.2, 0.25) is 0 Å². The lowest BCUT2D eigenvalue weighted by atomic mass is 9.97. The Morgan fingerprint density at radius 2 is 2.10 bits per heavy atom. The molecule has 2 atom stereocenters. The molecular formula is C16H23FN2O. The Kier molecular flexibility index (Phi) is 4.89. The molecule has 1 aromatic rings. The molecule has 4 heteroatoms. The average Bonchev–Trinajstić information content (AvgIpc) is 2.41. The molecule has 1 heterocycles. The average molecular weight is 278 g/mol. The van der Waals surface area contributed by atoms with Crippen LogP contribution in [0.3, 0.4) is 0 Å². The van der Waals surface area contributed by atoms with E-state index in [2.05, 4.69) is 23.8 Å². The predicted molar refractivity (Wildman–Crippen MR) is 78.4 cm³/mol. The Bertz CT molecular complexity index is 477. The molecule has 0 spiro atoms. The molecule has 1 aliphatic heterocycles. The number of nitrogens with zero attached hydrogens (tertiary/aromatic N) is 2. The fourth-order valence-corrected chi connectivity index (χ4v) is 2.81. The van der Waals surface area contributed by atoms with Crippen molar-refractivity contribution in [2.45, 2.75) is 19.9 Å². The molecule has 0 radical (unpaired) electrons. The fourth-order valence-electron chi connectivity index (χ4n) is 2.81. The van der Waals surface area contributed by atoms with E-state index < -0.39 is 5.82 Å². The van der Waals surface area contributed by atoms with E-state index in [-0.39, 0.29) is 17.3 Å². The number of rotatable bonds is 4. The van der Waals surface area contributed by atoms with Crippen LogP contribution in [0, 0.1) is 11.7 Å². The van der Waals surface area contributed by atoms with Crippen molar-refractivity contribution < 1.29 is 9.18 Å². The smallest absolute Gasteiger partial charge is 0.169 e. The molecule has 0 amide bonds. The Morgan fingerprint density at radius 3 is 2.75 bits per heavy atom. The van der Waals surface area contributed by atoms with Gasteiger partial charge < -0.3 is 4.90 Å². The SMILES string of the molecule is CC(CN1CCN(C)CC1C)C(=O)c1ccccc1F. The van der Waals surface area contributed by atoms with E-state index in [0.717, 1.165) is 19.6 Å². The number of hydrogen-bond acceptors (Lipinski definition) is 3. The van der Waals surface area contributed by atoms with Gasteiger partial charge in [-0.1, -0.05) is 19.1 Å². The van der Waals surface area contributed by atoms with E-state index in [0.29, 0.717) is 12.6 Å². The standard InChI is InChI=1S/C16H23FN2O/c1-12(10-19-9-8-18(3)11-13(19)2)16(20)14-6-4-5-7-15(14)17/h4-7,12-13H,8-11H2,1-3H3. The first-order valence-corrected chi connectivity index (χ1v) is 7.20. The summed E-state index contributed by atoms with van der Waals surface area (Å²) in [5.74, 6) is -0.706. The van der Waals surface area contributed by atoms with Crippen LogP contribution in [-0.4, -0.2) is 54.9 Å². The molecule has 1 saturated heterocycles. The first kappa shape index (κ1) is 15.1. The van der Waals surface area contributed by atoms with Gasteiger partial charge in [0.25, 0.3) is 0 Å². The Labute approximate surface area is 120 Å². The van der Waals surface area contributed by atoms with Gasteiger partial charge >= 0.3 is 0 Å². The van der Waals surface area contributed by atoms with Crippen LogP contribution in [0.4, 0.5) is 4.39 Å². The van der Waals surface area contributed by atoms with E-state index in [1.165, 1.54) is 6.07 Å². The summed E-state index contributed by atoms with van der Waals surface area (Å²) < 4.78 is 13.7. The molecule has 20 heavy (non-hydrogen) atoms. The summed E-state index contributed by atoms with van der Waals surface area (Å²) in [5, 5.41) is 0. The molecule has 0 aromatic heterocycles. The third-order valence-electron chi connectivity index (χ3n) is 4.06. The van der Waals surface area contributed by atoms with Crippen LogP contribution in [0.1, 0.15) is 24.2 Å². The maximum atomic E-state index is 13.7. The van der Waals surface area contributed by atoms with Crippen molar-refractivity contribution in [3.8, 4) is 0 Å². The molecular weight excluding hydrogens is 255 g/mol. The summed E-state index contributed by atoms with van der Waals surface area (Å²) in [5.41, 5.74) is 0.210. The normalized spacial score (nSPS) is 22.7. The Morgan fingerprint density at radius 1 is 1.40 bits per heavy atom. The van der Waals surface area contributed by atoms with Gasteiger partial charge in [-0.2, -0.15) is 0 Å². The van der Waals surface area contributed by atoms with Gasteiger partial charge in [0, 0.05) is 38.1 Å². The highest BCUT2D eigenvalue weighted by molar-refractivity contribution is 5.98. The second-order valence-electron chi connectivity index (χ2n) is 5.85. The second-order valence-corrected chi connectivity index (χ2v) is 5.85. The van der Waals surface area contributed by atoms with Crippen molar-refractivity contribution in [2.75, 3.05) is 33.2 Å². The van der Waals surface area contributed by atoms with Gasteiger partial charge in [-0.05, 0) is 26.1 Å². The molecule has 110 valence electrons. The lowest BCUT2D eigenvalue weighted by molar-refractivity contribution is 0.0720. The van der Waals surface area contributed by atoms with Gasteiger partial charge in [-0.3, -0.25) is 9.69 Å². The molecule has 1 aliphatic rings. The number of halogens is 1. The minimum absolute atomic E-state index is 0.103. The zero-order chi connectivity index (χ0) is 14.7. The maximum absolute atomic E-state index is 13.7. The van der Waals surface area contributed by atoms with Gasteiger partial charge in [0.05, 0.1) is 5.56 Å². The van der Waals surface area contributed by atoms with Crippen molar-refractivity contribution in [1.29, 1.82) is 0 Å². The van der Waals surface area contributed by atoms with E-state index in [9.17, 15) is 9.18 Å². The molecule has 2 rings (SSSR count). The van der Waals surface area contributed by atoms with Crippen LogP contribution in [0.15, 0.2) is 24.3 Å². The van der Waals surface area contributed by atoms with E-state index in [4.69, 9.17) is 0 Å². The van der Waals surface area contributed by atoms with Crippen LogP contribution in [0.5, 0.6) is 0 Å². The molecule has 3 nitrogen and oxygen atoms in total. The highest BCUT2D eigenvalue weighted by Gasteiger charge is 2.26. The molecule has 1 aromatic carbocycles. The Balaban J connectivity index is 2.00. The number of likely N-dealkylation sites (N-methyl/N-ethyl adjacent to an activating group) is 1. The quantitative estimate of drug-likeness (QED) is 0.790. The number of Topliss-reactive ketones (excluding diaryl/α,β-unsaturated/α-hetero) is 1. The summed E-state index contributed by atoms with van der Waals surface area (Å²) in [7, 11) is 2.11. The van der Waals surface area contributed by atoms with Crippen LogP contribution < -0.4 is 0 Å². The molecule has 2 unspecified atom stereocenters. The van der Waals surface area contributed by atoms with Gasteiger partial charge in [0.15, 0.2) is 5.78 Å². The summed E-state index contributed by atoms with van der Waals surface area (Å²) in [4.78, 5) is 17.0. The summed E-state index contributed by atoms with van der Waals surface area (Å²) in [6, 6.07) is 6.67. The van der Waals surface area contributed by atoms with E-state index in [1.807, 2.05) is 6.92 Å². The largest absolute Gasteiger partial charge is 0.304 e. The van der Waals surface area contributed by atoms with Crippen molar-refractivity contribution in [3.05, 3.63) is 35.6 Å². The van der Waals surface area contributed by atoms with Crippen molar-refractivity contribution in [3.63, 3.8) is 0 Å². The van der Waals surface area contributed by atoms with Crippen molar-refractivity contribution >= 4 is 5.78 Å². The van der Waals surface area contributed by atoms with Crippen molar-refractivity contribution in [1.82, 2.24) is 9.80 Å². The number of carbonyl (C=O) groups is 1. The number of carbonyl (C=O) groups excluding carboxylic acids is 1. The highest BCUT2D eigenvalue weighted by Crippen LogP contribution is 2.16. The number of ketones is 1. The summed E-state index contributed by atoms with van der Waals surface area (Å²) >= 11 is 0. The third kappa shape index (κ3) is 3.44. The second kappa shape index (κ2) is 6.46. The zero-order valence-corrected chi connectivity index (χ0v) is 12.5. The molecule has 1 fully saturated rings. The van der Waals surface area contributed by atoms with Gasteiger partial charge in [-0.25, -0.2) is 4.39 Å². The monoisotopic (exact) mass is 278 g/mol.